The second-order valence-corrected chi connectivity index (χ2v) is 8.34. The lowest BCUT2D eigenvalue weighted by Gasteiger charge is -2.22. The second-order valence-electron chi connectivity index (χ2n) is 7.50. The van der Waals surface area contributed by atoms with Crippen molar-refractivity contribution in [3.8, 4) is 0 Å². The Labute approximate surface area is 197 Å². The predicted octanol–water partition coefficient (Wildman–Crippen LogP) is 4.68. The van der Waals surface area contributed by atoms with Crippen molar-refractivity contribution in [1.29, 1.82) is 0 Å². The number of halogens is 2. The lowest BCUT2D eigenvalue weighted by molar-refractivity contribution is -0.384. The summed E-state index contributed by atoms with van der Waals surface area (Å²) in [6.07, 6.45) is 0. The summed E-state index contributed by atoms with van der Waals surface area (Å²) in [4.78, 5) is 38.7. The minimum atomic E-state index is -0.920. The molecule has 1 fully saturated rings. The molecular formula is C23H14Cl2N4O4. The van der Waals surface area contributed by atoms with E-state index in [2.05, 4.69) is 5.10 Å². The molecule has 1 saturated heterocycles. The van der Waals surface area contributed by atoms with Crippen molar-refractivity contribution in [3.63, 3.8) is 0 Å². The highest BCUT2D eigenvalue weighted by Crippen LogP contribution is 2.41. The lowest BCUT2D eigenvalue weighted by atomic mass is 9.92. The number of nitro benzene ring substituents is 1. The molecule has 2 heterocycles. The number of imide groups is 1. The molecule has 0 radical (unpaired) electrons. The molecule has 2 amide bonds. The van der Waals surface area contributed by atoms with Crippen LogP contribution in [0.5, 0.6) is 0 Å². The zero-order valence-corrected chi connectivity index (χ0v) is 18.3. The molecule has 164 valence electrons. The van der Waals surface area contributed by atoms with Crippen LogP contribution in [0.2, 0.25) is 10.0 Å². The minimum Gasteiger partial charge on any atom is -0.273 e. The molecule has 0 aromatic heterocycles. The Balaban J connectivity index is 1.62. The molecule has 8 nitrogen and oxygen atoms in total. The van der Waals surface area contributed by atoms with E-state index in [4.69, 9.17) is 23.2 Å². The van der Waals surface area contributed by atoms with Gasteiger partial charge in [-0.15, -0.1) is 0 Å². The van der Waals surface area contributed by atoms with E-state index in [9.17, 15) is 19.7 Å². The fourth-order valence-electron chi connectivity index (χ4n) is 4.10. The number of hydrogen-bond donors (Lipinski definition) is 0. The minimum absolute atomic E-state index is 0.0859. The van der Waals surface area contributed by atoms with Crippen LogP contribution in [0.3, 0.4) is 0 Å². The molecule has 0 aliphatic carbocycles. The number of carbonyl (C=O) groups excluding carboxylic acids is 2. The van der Waals surface area contributed by atoms with Crippen LogP contribution < -0.4 is 9.91 Å². The van der Waals surface area contributed by atoms with E-state index in [1.807, 2.05) is 6.07 Å². The number of carbonyl (C=O) groups is 2. The van der Waals surface area contributed by atoms with Gasteiger partial charge in [-0.2, -0.15) is 5.10 Å². The number of hydrogen-bond acceptors (Lipinski definition) is 6. The Morgan fingerprint density at radius 2 is 1.61 bits per heavy atom. The normalized spacial score (nSPS) is 19.6. The number of para-hydroxylation sites is 1. The van der Waals surface area contributed by atoms with Crippen molar-refractivity contribution in [2.24, 2.45) is 11.0 Å². The fourth-order valence-corrected chi connectivity index (χ4v) is 4.59. The Bertz CT molecular complexity index is 1330. The van der Waals surface area contributed by atoms with Gasteiger partial charge in [0.1, 0.15) is 12.0 Å². The first-order chi connectivity index (χ1) is 15.9. The van der Waals surface area contributed by atoms with Gasteiger partial charge in [0.15, 0.2) is 0 Å². The number of amides is 2. The Morgan fingerprint density at radius 1 is 0.909 bits per heavy atom. The predicted molar refractivity (Wildman–Crippen MR) is 125 cm³/mol. The first-order valence-corrected chi connectivity index (χ1v) is 10.6. The summed E-state index contributed by atoms with van der Waals surface area (Å²) in [5.74, 6) is -1.87. The van der Waals surface area contributed by atoms with Crippen LogP contribution in [0.25, 0.3) is 0 Å². The van der Waals surface area contributed by atoms with Crippen molar-refractivity contribution in [2.45, 2.75) is 6.04 Å². The zero-order chi connectivity index (χ0) is 23.3. The van der Waals surface area contributed by atoms with Crippen LogP contribution in [0, 0.1) is 16.0 Å². The highest BCUT2D eigenvalue weighted by atomic mass is 35.5. The molecular weight excluding hydrogens is 467 g/mol. The standard InChI is InChI=1S/C23H14Cl2N4O4/c24-14-8-11-18(17(25)12-14)27-22(30)19-20(13-6-9-16(10-7-13)29(32)33)26-28(21(19)23(27)31)15-4-2-1-3-5-15/h1-12,19,21H/t19-,21+/m0/s1. The van der Waals surface area contributed by atoms with E-state index < -0.39 is 28.7 Å². The van der Waals surface area contributed by atoms with Gasteiger partial charge in [0.05, 0.1) is 27.0 Å². The quantitative estimate of drug-likeness (QED) is 0.306. The van der Waals surface area contributed by atoms with Crippen LogP contribution >= 0.6 is 23.2 Å². The van der Waals surface area contributed by atoms with Gasteiger partial charge in [-0.05, 0) is 48.0 Å². The van der Waals surface area contributed by atoms with Gasteiger partial charge in [0.2, 0.25) is 5.91 Å². The highest BCUT2D eigenvalue weighted by molar-refractivity contribution is 6.40. The molecule has 0 unspecified atom stereocenters. The summed E-state index contributed by atoms with van der Waals surface area (Å²) < 4.78 is 0. The second kappa shape index (κ2) is 7.99. The summed E-state index contributed by atoms with van der Waals surface area (Å²) >= 11 is 12.3. The van der Waals surface area contributed by atoms with Crippen LogP contribution in [0.1, 0.15) is 5.56 Å². The van der Waals surface area contributed by atoms with Gasteiger partial charge in [-0.1, -0.05) is 41.4 Å². The maximum absolute atomic E-state index is 13.6. The van der Waals surface area contributed by atoms with E-state index in [1.165, 1.54) is 41.4 Å². The van der Waals surface area contributed by atoms with Crippen molar-refractivity contribution in [1.82, 2.24) is 0 Å². The van der Waals surface area contributed by atoms with Crippen molar-refractivity contribution in [2.75, 3.05) is 9.91 Å². The first-order valence-electron chi connectivity index (χ1n) is 9.87. The molecule has 0 N–H and O–H groups in total. The summed E-state index contributed by atoms with van der Waals surface area (Å²) in [6, 6.07) is 18.4. The van der Waals surface area contributed by atoms with Crippen LogP contribution in [0.15, 0.2) is 77.9 Å². The average Bonchev–Trinajstić information content (AvgIpc) is 3.32. The SMILES string of the molecule is O=C1[C@H]2C(c3ccc([N+](=O)[O-])cc3)=NN(c3ccccc3)[C@H]2C(=O)N1c1ccc(Cl)cc1Cl. The van der Waals surface area contributed by atoms with Crippen LogP contribution in [0.4, 0.5) is 17.1 Å². The molecule has 2 aliphatic heterocycles. The molecule has 0 spiro atoms. The van der Waals surface area contributed by atoms with Gasteiger partial charge in [-0.25, -0.2) is 4.90 Å². The number of rotatable bonds is 4. The van der Waals surface area contributed by atoms with Crippen molar-refractivity contribution < 1.29 is 14.5 Å². The Kier molecular flexibility index (Phi) is 5.11. The number of nitro groups is 1. The number of hydrazone groups is 1. The third kappa shape index (κ3) is 3.44. The van der Waals surface area contributed by atoms with Gasteiger partial charge < -0.3 is 0 Å². The monoisotopic (exact) mass is 480 g/mol. The van der Waals surface area contributed by atoms with E-state index in [-0.39, 0.29) is 16.4 Å². The third-order valence-corrected chi connectivity index (χ3v) is 6.13. The largest absolute Gasteiger partial charge is 0.273 e. The summed E-state index contributed by atoms with van der Waals surface area (Å²) in [7, 11) is 0. The zero-order valence-electron chi connectivity index (χ0n) is 16.8. The number of anilines is 2. The number of benzene rings is 3. The molecule has 2 aliphatic rings. The number of fused-ring (bicyclic) bond motifs is 1. The van der Waals surface area contributed by atoms with Crippen molar-refractivity contribution in [3.05, 3.63) is 98.5 Å². The molecule has 0 saturated carbocycles. The molecule has 2 atom stereocenters. The molecule has 3 aromatic rings. The Hall–Kier alpha value is -3.75. The molecule has 3 aromatic carbocycles. The van der Waals surface area contributed by atoms with Gasteiger partial charge in [0.25, 0.3) is 11.6 Å². The average molecular weight is 481 g/mol. The third-order valence-electron chi connectivity index (χ3n) is 5.59. The first kappa shape index (κ1) is 21.1. The lowest BCUT2D eigenvalue weighted by Crippen LogP contribution is -2.39. The van der Waals surface area contributed by atoms with Crippen LogP contribution in [-0.2, 0) is 9.59 Å². The van der Waals surface area contributed by atoms with E-state index in [0.717, 1.165) is 4.90 Å². The molecule has 10 heteroatoms. The topological polar surface area (TPSA) is 96.1 Å². The molecule has 0 bridgehead atoms. The summed E-state index contributed by atoms with van der Waals surface area (Å²) in [5, 5.41) is 17.7. The van der Waals surface area contributed by atoms with Gasteiger partial charge in [0, 0.05) is 17.2 Å². The molecule has 33 heavy (non-hydrogen) atoms. The summed E-state index contributed by atoms with van der Waals surface area (Å²) in [6.45, 7) is 0. The number of nitrogens with zero attached hydrogens (tertiary/aromatic N) is 4. The van der Waals surface area contributed by atoms with Gasteiger partial charge in [-0.3, -0.25) is 24.7 Å². The van der Waals surface area contributed by atoms with E-state index in [0.29, 0.717) is 22.0 Å². The fraction of sp³-hybridized carbons (Fsp3) is 0.0870. The van der Waals surface area contributed by atoms with Crippen LogP contribution in [-0.4, -0.2) is 28.5 Å². The molecule has 5 rings (SSSR count). The van der Waals surface area contributed by atoms with Gasteiger partial charge >= 0.3 is 0 Å². The van der Waals surface area contributed by atoms with Crippen molar-refractivity contribution >= 4 is 57.8 Å². The Morgan fingerprint density at radius 3 is 2.24 bits per heavy atom. The smallest absolute Gasteiger partial charge is 0.269 e. The summed E-state index contributed by atoms with van der Waals surface area (Å²) in [5.41, 5.74) is 1.65. The maximum atomic E-state index is 13.6. The maximum Gasteiger partial charge on any atom is 0.269 e. The van der Waals surface area contributed by atoms with E-state index in [1.54, 1.807) is 30.3 Å². The highest BCUT2D eigenvalue weighted by Gasteiger charge is 2.57. The van der Waals surface area contributed by atoms with E-state index >= 15 is 0 Å². The number of non-ortho nitro benzene ring substituents is 1.